The van der Waals surface area contributed by atoms with E-state index in [0.29, 0.717) is 15.2 Å². The number of carbonyl (C=O) groups is 1. The Morgan fingerprint density at radius 3 is 3.00 bits per heavy atom. The minimum Gasteiger partial charge on any atom is -0.374 e. The van der Waals surface area contributed by atoms with E-state index in [1.54, 1.807) is 0 Å². The van der Waals surface area contributed by atoms with Crippen LogP contribution in [0.15, 0.2) is 28.6 Å². The number of benzene rings is 1. The van der Waals surface area contributed by atoms with Gasteiger partial charge in [0.15, 0.2) is 4.34 Å². The summed E-state index contributed by atoms with van der Waals surface area (Å²) >= 11 is 4.80. The Kier molecular flexibility index (Phi) is 4.78. The van der Waals surface area contributed by atoms with Gasteiger partial charge in [0.25, 0.3) is 0 Å². The van der Waals surface area contributed by atoms with Crippen LogP contribution in [0.5, 0.6) is 0 Å². The lowest BCUT2D eigenvalue weighted by molar-refractivity contribution is -0.113. The number of rotatable bonds is 4. The van der Waals surface area contributed by atoms with Crippen molar-refractivity contribution < 1.29 is 4.79 Å². The van der Waals surface area contributed by atoms with Gasteiger partial charge in [-0.25, -0.2) is 0 Å². The molecular formula is C10H9IN4OS2. The number of halogens is 1. The van der Waals surface area contributed by atoms with E-state index < -0.39 is 0 Å². The van der Waals surface area contributed by atoms with Crippen LogP contribution in [0, 0.1) is 3.57 Å². The number of nitrogens with two attached hydrogens (primary N) is 1. The zero-order valence-electron chi connectivity index (χ0n) is 9.09. The molecule has 0 unspecified atom stereocenters. The highest BCUT2D eigenvalue weighted by Gasteiger charge is 2.07. The Bertz CT molecular complexity index is 560. The van der Waals surface area contributed by atoms with Crippen LogP contribution in [-0.2, 0) is 4.79 Å². The maximum Gasteiger partial charge on any atom is 0.234 e. The molecule has 0 aliphatic carbocycles. The number of hydrogen-bond donors (Lipinski definition) is 2. The zero-order valence-corrected chi connectivity index (χ0v) is 12.9. The molecule has 0 aliphatic heterocycles. The van der Waals surface area contributed by atoms with Gasteiger partial charge in [0.1, 0.15) is 0 Å². The Morgan fingerprint density at radius 1 is 1.50 bits per heavy atom. The van der Waals surface area contributed by atoms with Gasteiger partial charge in [-0.3, -0.25) is 4.79 Å². The highest BCUT2D eigenvalue weighted by Crippen LogP contribution is 2.23. The number of aromatic nitrogens is 2. The molecule has 1 amide bonds. The molecule has 0 radical (unpaired) electrons. The zero-order chi connectivity index (χ0) is 13.0. The third kappa shape index (κ3) is 4.10. The van der Waals surface area contributed by atoms with Crippen molar-refractivity contribution in [2.75, 3.05) is 16.8 Å². The van der Waals surface area contributed by atoms with E-state index in [2.05, 4.69) is 38.1 Å². The molecule has 3 N–H and O–H groups in total. The van der Waals surface area contributed by atoms with Crippen molar-refractivity contribution in [3.05, 3.63) is 27.8 Å². The molecule has 5 nitrogen and oxygen atoms in total. The highest BCUT2D eigenvalue weighted by atomic mass is 127. The molecule has 94 valence electrons. The smallest absolute Gasteiger partial charge is 0.234 e. The molecule has 0 aliphatic rings. The summed E-state index contributed by atoms with van der Waals surface area (Å²) in [4.78, 5) is 11.7. The van der Waals surface area contributed by atoms with Gasteiger partial charge in [0.05, 0.1) is 5.75 Å². The van der Waals surface area contributed by atoms with Gasteiger partial charge in [-0.1, -0.05) is 29.2 Å². The van der Waals surface area contributed by atoms with Gasteiger partial charge >= 0.3 is 0 Å². The fourth-order valence-corrected chi connectivity index (χ4v) is 3.15. The minimum absolute atomic E-state index is 0.0734. The molecule has 2 rings (SSSR count). The van der Waals surface area contributed by atoms with Crippen molar-refractivity contribution in [1.29, 1.82) is 0 Å². The minimum atomic E-state index is -0.0734. The molecule has 0 fully saturated rings. The summed E-state index contributed by atoms with van der Waals surface area (Å²) in [5.74, 6) is 0.218. The first-order valence-electron chi connectivity index (χ1n) is 4.90. The summed E-state index contributed by atoms with van der Waals surface area (Å²) in [6.07, 6.45) is 0. The SMILES string of the molecule is Nc1nnc(SCC(=O)Nc2cccc(I)c2)s1. The van der Waals surface area contributed by atoms with Gasteiger partial charge in [-0.2, -0.15) is 0 Å². The Labute approximate surface area is 126 Å². The number of nitrogens with one attached hydrogen (secondary N) is 1. The number of nitrogens with zero attached hydrogens (tertiary/aromatic N) is 2. The summed E-state index contributed by atoms with van der Waals surface area (Å²) in [6, 6.07) is 7.63. The monoisotopic (exact) mass is 392 g/mol. The Balaban J connectivity index is 1.85. The van der Waals surface area contributed by atoms with E-state index in [0.717, 1.165) is 9.26 Å². The van der Waals surface area contributed by atoms with E-state index in [1.807, 2.05) is 24.3 Å². The lowest BCUT2D eigenvalue weighted by atomic mass is 10.3. The average Bonchev–Trinajstić information content (AvgIpc) is 2.73. The predicted octanol–water partition coefficient (Wildman–Crippen LogP) is 2.46. The largest absolute Gasteiger partial charge is 0.374 e. The molecule has 2 aromatic rings. The molecule has 18 heavy (non-hydrogen) atoms. The molecular weight excluding hydrogens is 383 g/mol. The van der Waals surface area contributed by atoms with Crippen LogP contribution in [0.1, 0.15) is 0 Å². The number of thioether (sulfide) groups is 1. The van der Waals surface area contributed by atoms with Crippen LogP contribution in [0.2, 0.25) is 0 Å². The van der Waals surface area contributed by atoms with Gasteiger partial charge in [-0.15, -0.1) is 10.2 Å². The van der Waals surface area contributed by atoms with Crippen LogP contribution in [0.4, 0.5) is 10.8 Å². The fourth-order valence-electron chi connectivity index (χ4n) is 1.17. The summed E-state index contributed by atoms with van der Waals surface area (Å²) in [5.41, 5.74) is 6.25. The molecule has 0 atom stereocenters. The van der Waals surface area contributed by atoms with Gasteiger partial charge in [0.2, 0.25) is 11.0 Å². The normalized spacial score (nSPS) is 10.3. The Hall–Kier alpha value is -0.870. The third-order valence-corrected chi connectivity index (χ3v) is 4.41. The van der Waals surface area contributed by atoms with Crippen LogP contribution >= 0.6 is 45.7 Å². The molecule has 0 bridgehead atoms. The van der Waals surface area contributed by atoms with Crippen LogP contribution in [0.3, 0.4) is 0 Å². The van der Waals surface area contributed by atoms with Crippen molar-refractivity contribution in [3.63, 3.8) is 0 Å². The summed E-state index contributed by atoms with van der Waals surface area (Å²) in [5, 5.41) is 10.8. The number of anilines is 2. The van der Waals surface area contributed by atoms with Crippen LogP contribution in [0.25, 0.3) is 0 Å². The first kappa shape index (κ1) is 13.6. The van der Waals surface area contributed by atoms with Crippen molar-refractivity contribution in [1.82, 2.24) is 10.2 Å². The molecule has 0 saturated carbocycles. The maximum absolute atomic E-state index is 11.7. The standard InChI is InChI=1S/C10H9IN4OS2/c11-6-2-1-3-7(4-6)13-8(16)5-17-10-15-14-9(12)18-10/h1-4H,5H2,(H2,12,14)(H,13,16). The quantitative estimate of drug-likeness (QED) is 0.617. The Morgan fingerprint density at radius 2 is 2.33 bits per heavy atom. The van der Waals surface area contributed by atoms with Gasteiger partial charge in [0, 0.05) is 9.26 Å². The molecule has 0 saturated heterocycles. The number of amides is 1. The van der Waals surface area contributed by atoms with E-state index in [4.69, 9.17) is 5.73 Å². The first-order chi connectivity index (χ1) is 8.63. The second-order valence-electron chi connectivity index (χ2n) is 3.25. The van der Waals surface area contributed by atoms with Gasteiger partial charge in [-0.05, 0) is 40.8 Å². The highest BCUT2D eigenvalue weighted by molar-refractivity contribution is 14.1. The van der Waals surface area contributed by atoms with E-state index in [-0.39, 0.29) is 5.91 Å². The first-order valence-corrected chi connectivity index (χ1v) is 7.79. The number of carbonyl (C=O) groups excluding carboxylic acids is 1. The van der Waals surface area contributed by atoms with Gasteiger partial charge < -0.3 is 11.1 Å². The number of nitrogen functional groups attached to an aromatic ring is 1. The summed E-state index contributed by atoms with van der Waals surface area (Å²) < 4.78 is 1.78. The average molecular weight is 392 g/mol. The van der Waals surface area contributed by atoms with Crippen molar-refractivity contribution in [2.45, 2.75) is 4.34 Å². The van der Waals surface area contributed by atoms with Crippen LogP contribution < -0.4 is 11.1 Å². The molecule has 1 aromatic carbocycles. The molecule has 8 heteroatoms. The summed E-state index contributed by atoms with van der Waals surface area (Å²) in [6.45, 7) is 0. The van der Waals surface area contributed by atoms with E-state index in [9.17, 15) is 4.79 Å². The van der Waals surface area contributed by atoms with E-state index in [1.165, 1.54) is 23.1 Å². The lowest BCUT2D eigenvalue weighted by Gasteiger charge is -2.04. The van der Waals surface area contributed by atoms with Crippen LogP contribution in [-0.4, -0.2) is 21.9 Å². The van der Waals surface area contributed by atoms with E-state index >= 15 is 0 Å². The lowest BCUT2D eigenvalue weighted by Crippen LogP contribution is -2.13. The molecule has 1 heterocycles. The third-order valence-electron chi connectivity index (χ3n) is 1.86. The topological polar surface area (TPSA) is 80.9 Å². The number of hydrogen-bond acceptors (Lipinski definition) is 6. The fraction of sp³-hybridized carbons (Fsp3) is 0.100. The molecule has 0 spiro atoms. The maximum atomic E-state index is 11.7. The van der Waals surface area contributed by atoms with Crippen molar-refractivity contribution in [3.8, 4) is 0 Å². The summed E-state index contributed by atoms with van der Waals surface area (Å²) in [7, 11) is 0. The van der Waals surface area contributed by atoms with Crippen molar-refractivity contribution in [2.24, 2.45) is 0 Å². The second-order valence-corrected chi connectivity index (χ2v) is 6.73. The predicted molar refractivity (Wildman–Crippen MR) is 82.8 cm³/mol. The second kappa shape index (κ2) is 6.34. The van der Waals surface area contributed by atoms with Crippen molar-refractivity contribution >= 4 is 62.4 Å². The molecule has 1 aromatic heterocycles.